The Morgan fingerprint density at radius 2 is 1.88 bits per heavy atom. The molecule has 2 aromatic carbocycles. The molecule has 0 spiro atoms. The number of rotatable bonds is 0. The summed E-state index contributed by atoms with van der Waals surface area (Å²) in [5.74, 6) is 0. The largest absolute Gasteiger partial charge is 0.398 e. The second-order valence-corrected chi connectivity index (χ2v) is 4.67. The van der Waals surface area contributed by atoms with Gasteiger partial charge in [-0.15, -0.1) is 11.3 Å². The molecule has 0 aliphatic rings. The van der Waals surface area contributed by atoms with Gasteiger partial charge in [0.05, 0.1) is 16.0 Å². The highest BCUT2D eigenvalue weighted by Gasteiger charge is 2.10. The molecule has 0 aliphatic carbocycles. The Morgan fingerprint density at radius 1 is 1.06 bits per heavy atom. The maximum Gasteiger partial charge on any atom is 0.103 e. The van der Waals surface area contributed by atoms with Crippen LogP contribution in [-0.4, -0.2) is 0 Å². The molecule has 0 aliphatic heterocycles. The third-order valence-electron chi connectivity index (χ3n) is 2.69. The molecule has 3 heteroatoms. The van der Waals surface area contributed by atoms with E-state index in [0.29, 0.717) is 11.3 Å². The molecule has 0 unspecified atom stereocenters. The summed E-state index contributed by atoms with van der Waals surface area (Å²) in [6.07, 6.45) is 0. The van der Waals surface area contributed by atoms with E-state index in [9.17, 15) is 0 Å². The van der Waals surface area contributed by atoms with Crippen molar-refractivity contribution in [2.24, 2.45) is 0 Å². The maximum absolute atomic E-state index is 9.12. The van der Waals surface area contributed by atoms with Crippen LogP contribution in [0, 0.1) is 11.3 Å². The summed E-state index contributed by atoms with van der Waals surface area (Å²) in [5, 5.41) is 11.4. The second-order valence-electron chi connectivity index (χ2n) is 3.62. The molecule has 2 nitrogen and oxygen atoms in total. The van der Waals surface area contributed by atoms with E-state index >= 15 is 0 Å². The Labute approximate surface area is 96.5 Å². The van der Waals surface area contributed by atoms with Gasteiger partial charge in [-0.25, -0.2) is 0 Å². The lowest BCUT2D eigenvalue weighted by Gasteiger charge is -1.97. The average Bonchev–Trinajstić information content (AvgIpc) is 2.67. The molecule has 3 aromatic rings. The fourth-order valence-electron chi connectivity index (χ4n) is 1.92. The third-order valence-corrected chi connectivity index (χ3v) is 3.90. The molecule has 16 heavy (non-hydrogen) atoms. The minimum atomic E-state index is 0.557. The van der Waals surface area contributed by atoms with Crippen molar-refractivity contribution in [1.29, 1.82) is 5.26 Å². The van der Waals surface area contributed by atoms with Crippen LogP contribution >= 0.6 is 11.3 Å². The van der Waals surface area contributed by atoms with Crippen molar-refractivity contribution in [1.82, 2.24) is 0 Å². The SMILES string of the molecule is N#Cc1c(N)ccc2c1sc1ccccc12. The molecule has 0 fully saturated rings. The summed E-state index contributed by atoms with van der Waals surface area (Å²) >= 11 is 1.62. The van der Waals surface area contributed by atoms with Gasteiger partial charge in [0.15, 0.2) is 0 Å². The zero-order chi connectivity index (χ0) is 11.1. The number of nitrogens with two attached hydrogens (primary N) is 1. The molecular formula is C13H8N2S. The molecule has 1 heterocycles. The number of nitrogens with zero attached hydrogens (tertiary/aromatic N) is 1. The van der Waals surface area contributed by atoms with Gasteiger partial charge >= 0.3 is 0 Å². The van der Waals surface area contributed by atoms with E-state index in [0.717, 1.165) is 10.1 Å². The van der Waals surface area contributed by atoms with Crippen molar-refractivity contribution in [3.05, 3.63) is 42.0 Å². The van der Waals surface area contributed by atoms with Crippen molar-refractivity contribution in [3.63, 3.8) is 0 Å². The number of nitriles is 1. The molecule has 2 N–H and O–H groups in total. The second kappa shape index (κ2) is 3.22. The Kier molecular flexibility index (Phi) is 1.85. The molecule has 1 aromatic heterocycles. The lowest BCUT2D eigenvalue weighted by Crippen LogP contribution is -1.88. The fourth-order valence-corrected chi connectivity index (χ4v) is 3.13. The van der Waals surface area contributed by atoms with Crippen molar-refractivity contribution in [2.75, 3.05) is 5.73 Å². The first-order valence-electron chi connectivity index (χ1n) is 4.91. The van der Waals surface area contributed by atoms with Gasteiger partial charge < -0.3 is 5.73 Å². The Balaban J connectivity index is 2.60. The van der Waals surface area contributed by atoms with Crippen LogP contribution in [-0.2, 0) is 0 Å². The topological polar surface area (TPSA) is 49.8 Å². The fraction of sp³-hybridized carbons (Fsp3) is 0. The van der Waals surface area contributed by atoms with Crippen molar-refractivity contribution < 1.29 is 0 Å². The molecular weight excluding hydrogens is 216 g/mol. The molecule has 0 atom stereocenters. The third kappa shape index (κ3) is 1.11. The van der Waals surface area contributed by atoms with E-state index < -0.39 is 0 Å². The average molecular weight is 224 g/mol. The quantitative estimate of drug-likeness (QED) is 0.594. The number of hydrogen-bond donors (Lipinski definition) is 1. The van der Waals surface area contributed by atoms with Gasteiger partial charge in [0.2, 0.25) is 0 Å². The predicted molar refractivity (Wildman–Crippen MR) is 68.5 cm³/mol. The molecule has 0 bridgehead atoms. The Hall–Kier alpha value is -2.05. The zero-order valence-corrected chi connectivity index (χ0v) is 9.21. The highest BCUT2D eigenvalue weighted by Crippen LogP contribution is 2.37. The van der Waals surface area contributed by atoms with Gasteiger partial charge in [-0.05, 0) is 12.1 Å². The summed E-state index contributed by atoms with van der Waals surface area (Å²) in [4.78, 5) is 0. The van der Waals surface area contributed by atoms with Crippen LogP contribution in [0.1, 0.15) is 5.56 Å². The number of hydrogen-bond acceptors (Lipinski definition) is 3. The van der Waals surface area contributed by atoms with Gasteiger partial charge in [0.1, 0.15) is 6.07 Å². The number of benzene rings is 2. The molecule has 0 saturated heterocycles. The van der Waals surface area contributed by atoms with Crippen molar-refractivity contribution in [3.8, 4) is 6.07 Å². The number of fused-ring (bicyclic) bond motifs is 3. The summed E-state index contributed by atoms with van der Waals surface area (Å²) in [7, 11) is 0. The zero-order valence-electron chi connectivity index (χ0n) is 8.40. The van der Waals surface area contributed by atoms with Gasteiger partial charge in [-0.2, -0.15) is 5.26 Å². The van der Waals surface area contributed by atoms with Gasteiger partial charge in [0, 0.05) is 15.5 Å². The standard InChI is InChI=1S/C13H8N2S/c14-7-10-11(15)6-5-9-8-3-1-2-4-12(8)16-13(9)10/h1-6H,15H2. The predicted octanol–water partition coefficient (Wildman–Crippen LogP) is 3.51. The first-order valence-corrected chi connectivity index (χ1v) is 5.73. The highest BCUT2D eigenvalue weighted by molar-refractivity contribution is 7.26. The molecule has 0 amide bonds. The van der Waals surface area contributed by atoms with E-state index in [1.165, 1.54) is 10.1 Å². The smallest absolute Gasteiger partial charge is 0.103 e. The van der Waals surface area contributed by atoms with Crippen LogP contribution in [0.5, 0.6) is 0 Å². The van der Waals surface area contributed by atoms with Crippen LogP contribution < -0.4 is 5.73 Å². The van der Waals surface area contributed by atoms with Crippen molar-refractivity contribution in [2.45, 2.75) is 0 Å². The Morgan fingerprint density at radius 3 is 2.69 bits per heavy atom. The number of anilines is 1. The summed E-state index contributed by atoms with van der Waals surface area (Å²) in [6.45, 7) is 0. The van der Waals surface area contributed by atoms with Crippen LogP contribution in [0.4, 0.5) is 5.69 Å². The number of thiophene rings is 1. The van der Waals surface area contributed by atoms with E-state index in [2.05, 4.69) is 18.2 Å². The van der Waals surface area contributed by atoms with E-state index in [-0.39, 0.29) is 0 Å². The molecule has 0 saturated carbocycles. The van der Waals surface area contributed by atoms with Crippen LogP contribution in [0.3, 0.4) is 0 Å². The first kappa shape index (κ1) is 9.20. The Bertz CT molecular complexity index is 735. The normalized spacial score (nSPS) is 10.7. The van der Waals surface area contributed by atoms with Gasteiger partial charge in [-0.1, -0.05) is 24.3 Å². The molecule has 0 radical (unpaired) electrons. The lowest BCUT2D eigenvalue weighted by molar-refractivity contribution is 1.51. The lowest BCUT2D eigenvalue weighted by atomic mass is 10.1. The van der Waals surface area contributed by atoms with Gasteiger partial charge in [-0.3, -0.25) is 0 Å². The van der Waals surface area contributed by atoms with Crippen LogP contribution in [0.15, 0.2) is 36.4 Å². The van der Waals surface area contributed by atoms with E-state index in [1.54, 1.807) is 17.4 Å². The van der Waals surface area contributed by atoms with E-state index in [4.69, 9.17) is 11.0 Å². The molecule has 76 valence electrons. The maximum atomic E-state index is 9.12. The monoisotopic (exact) mass is 224 g/mol. The summed E-state index contributed by atoms with van der Waals surface area (Å²) < 4.78 is 2.18. The van der Waals surface area contributed by atoms with Crippen molar-refractivity contribution >= 4 is 37.2 Å². The minimum absolute atomic E-state index is 0.557. The number of nitrogen functional groups attached to an aromatic ring is 1. The van der Waals surface area contributed by atoms with E-state index in [1.807, 2.05) is 18.2 Å². The summed E-state index contributed by atoms with van der Waals surface area (Å²) in [6, 6.07) is 14.1. The minimum Gasteiger partial charge on any atom is -0.398 e. The van der Waals surface area contributed by atoms with Crippen LogP contribution in [0.2, 0.25) is 0 Å². The van der Waals surface area contributed by atoms with Gasteiger partial charge in [0.25, 0.3) is 0 Å². The first-order chi connectivity index (χ1) is 7.81. The van der Waals surface area contributed by atoms with Crippen LogP contribution in [0.25, 0.3) is 20.2 Å². The molecule has 3 rings (SSSR count). The summed E-state index contributed by atoms with van der Waals surface area (Å²) in [5.41, 5.74) is 6.96. The highest BCUT2D eigenvalue weighted by atomic mass is 32.1.